The van der Waals surface area contributed by atoms with Gasteiger partial charge in [-0.1, -0.05) is 41.9 Å². The molecular formula is C27H35ClN3O5+. The standard InChI is InChI=1S/C27H34ClN3O5/c1-27(2,3)36-26(35)30-21(14-18-8-5-4-6-9-18)16-24(33)31(13-7-10-22(31)25(29)34)17-19-15-20(28)11-12-23(19)32/h4-6,8-9,11-12,15,21-22H,7,10,13-14,16-17H2,1-3H3,(H3-,29,30,32,34,35)/p+1/t21-,22+,31?/m1/s1. The molecule has 2 aromatic carbocycles. The van der Waals surface area contributed by atoms with E-state index in [0.29, 0.717) is 36.4 Å². The number of likely N-dealkylation sites (tertiary alicyclic amines) is 1. The summed E-state index contributed by atoms with van der Waals surface area (Å²) in [5, 5.41) is 13.7. The van der Waals surface area contributed by atoms with Crippen LogP contribution in [-0.4, -0.2) is 51.7 Å². The smallest absolute Gasteiger partial charge is 0.407 e. The number of alkyl carbamates (subject to hydrolysis) is 1. The minimum Gasteiger partial charge on any atom is -0.507 e. The van der Waals surface area contributed by atoms with E-state index in [1.807, 2.05) is 30.3 Å². The van der Waals surface area contributed by atoms with E-state index < -0.39 is 29.7 Å². The molecule has 1 unspecified atom stereocenters. The van der Waals surface area contributed by atoms with Gasteiger partial charge < -0.3 is 20.9 Å². The molecule has 1 aliphatic heterocycles. The number of aromatic hydroxyl groups is 1. The maximum atomic E-state index is 14.0. The molecule has 194 valence electrons. The zero-order valence-electron chi connectivity index (χ0n) is 21.0. The van der Waals surface area contributed by atoms with Gasteiger partial charge in [0.15, 0.2) is 6.04 Å². The minimum atomic E-state index is -0.741. The molecule has 4 N–H and O–H groups in total. The number of carbonyl (C=O) groups is 3. The first-order valence-corrected chi connectivity index (χ1v) is 12.5. The highest BCUT2D eigenvalue weighted by Gasteiger charge is 2.51. The number of carbonyl (C=O) groups excluding carboxylic acids is 3. The number of phenols is 1. The first-order chi connectivity index (χ1) is 16.9. The summed E-state index contributed by atoms with van der Waals surface area (Å²) in [7, 11) is 0. The van der Waals surface area contributed by atoms with E-state index in [1.165, 1.54) is 6.07 Å². The number of ether oxygens (including phenoxy) is 1. The van der Waals surface area contributed by atoms with Gasteiger partial charge in [0, 0.05) is 23.9 Å². The Labute approximate surface area is 217 Å². The van der Waals surface area contributed by atoms with Crippen LogP contribution in [0.2, 0.25) is 5.02 Å². The molecule has 0 aromatic heterocycles. The number of benzene rings is 2. The number of nitrogens with two attached hydrogens (primary N) is 1. The van der Waals surface area contributed by atoms with Crippen molar-refractivity contribution in [3.63, 3.8) is 0 Å². The average molecular weight is 517 g/mol. The molecule has 0 saturated carbocycles. The molecule has 3 atom stereocenters. The van der Waals surface area contributed by atoms with E-state index in [2.05, 4.69) is 5.32 Å². The number of primary amides is 1. The summed E-state index contributed by atoms with van der Waals surface area (Å²) in [5.74, 6) is -0.817. The van der Waals surface area contributed by atoms with Crippen LogP contribution in [-0.2, 0) is 27.3 Å². The lowest BCUT2D eigenvalue weighted by molar-refractivity contribution is -0.871. The Morgan fingerprint density at radius 1 is 1.19 bits per heavy atom. The number of rotatable bonds is 8. The van der Waals surface area contributed by atoms with Crippen LogP contribution in [0.3, 0.4) is 0 Å². The van der Waals surface area contributed by atoms with Gasteiger partial charge in [0.2, 0.25) is 0 Å². The predicted molar refractivity (Wildman–Crippen MR) is 137 cm³/mol. The van der Waals surface area contributed by atoms with Gasteiger partial charge in [0.25, 0.3) is 5.91 Å². The second kappa shape index (κ2) is 11.3. The summed E-state index contributed by atoms with van der Waals surface area (Å²) in [6.45, 7) is 5.77. The third-order valence-corrected chi connectivity index (χ3v) is 6.65. The van der Waals surface area contributed by atoms with Gasteiger partial charge in [-0.15, -0.1) is 0 Å². The Hall–Kier alpha value is -3.10. The van der Waals surface area contributed by atoms with Crippen LogP contribution in [0.25, 0.3) is 0 Å². The van der Waals surface area contributed by atoms with E-state index in [9.17, 15) is 19.5 Å². The molecule has 3 amide bonds. The van der Waals surface area contributed by atoms with Crippen molar-refractivity contribution in [3.05, 3.63) is 64.7 Å². The monoisotopic (exact) mass is 516 g/mol. The molecule has 8 nitrogen and oxygen atoms in total. The van der Waals surface area contributed by atoms with E-state index in [4.69, 9.17) is 22.1 Å². The van der Waals surface area contributed by atoms with Gasteiger partial charge in [-0.05, 0) is 51.0 Å². The second-order valence-corrected chi connectivity index (χ2v) is 10.8. The van der Waals surface area contributed by atoms with Crippen LogP contribution in [0.1, 0.15) is 51.2 Å². The molecule has 9 heteroatoms. The first-order valence-electron chi connectivity index (χ1n) is 12.1. The summed E-state index contributed by atoms with van der Waals surface area (Å²) in [4.78, 5) is 39.1. The van der Waals surface area contributed by atoms with Gasteiger partial charge in [-0.25, -0.2) is 14.1 Å². The molecule has 1 fully saturated rings. The number of nitrogens with zero attached hydrogens (tertiary/aromatic N) is 1. The quantitative estimate of drug-likeness (QED) is 0.457. The molecule has 1 heterocycles. The van der Waals surface area contributed by atoms with Crippen molar-refractivity contribution in [3.8, 4) is 5.75 Å². The third kappa shape index (κ3) is 6.98. The summed E-state index contributed by atoms with van der Waals surface area (Å²) in [5.41, 5.74) is 6.46. The van der Waals surface area contributed by atoms with Crippen LogP contribution < -0.4 is 11.1 Å². The van der Waals surface area contributed by atoms with Crippen molar-refractivity contribution in [2.24, 2.45) is 5.73 Å². The van der Waals surface area contributed by atoms with Gasteiger partial charge in [-0.3, -0.25) is 4.79 Å². The second-order valence-electron chi connectivity index (χ2n) is 10.4. The Morgan fingerprint density at radius 2 is 1.89 bits per heavy atom. The Morgan fingerprint density at radius 3 is 2.53 bits per heavy atom. The molecule has 1 saturated heterocycles. The average Bonchev–Trinajstić information content (AvgIpc) is 3.21. The maximum Gasteiger partial charge on any atom is 0.407 e. The van der Waals surface area contributed by atoms with Crippen molar-refractivity contribution in [2.75, 3.05) is 6.54 Å². The fourth-order valence-corrected chi connectivity index (χ4v) is 5.05. The highest BCUT2D eigenvalue weighted by molar-refractivity contribution is 6.30. The molecule has 0 radical (unpaired) electrons. The number of halogens is 1. The maximum absolute atomic E-state index is 14.0. The zero-order valence-corrected chi connectivity index (χ0v) is 21.8. The van der Waals surface area contributed by atoms with Crippen molar-refractivity contribution < 1.29 is 28.7 Å². The summed E-state index contributed by atoms with van der Waals surface area (Å²) in [6.07, 6.45) is 0.826. The lowest BCUT2D eigenvalue weighted by Crippen LogP contribution is -2.60. The number of nitrogens with one attached hydrogen (secondary N) is 1. The normalized spacial score (nSPS) is 20.5. The molecule has 0 bridgehead atoms. The fraction of sp³-hybridized carbons (Fsp3) is 0.444. The minimum absolute atomic E-state index is 0.00691. The van der Waals surface area contributed by atoms with Crippen molar-refractivity contribution in [1.82, 2.24) is 5.32 Å². The summed E-state index contributed by atoms with van der Waals surface area (Å²) in [6, 6.07) is 12.8. The molecule has 3 rings (SSSR count). The number of phenolic OH excluding ortho intramolecular Hbond substituents is 1. The molecule has 1 aliphatic rings. The van der Waals surface area contributed by atoms with Crippen molar-refractivity contribution in [2.45, 2.75) is 70.7 Å². The predicted octanol–water partition coefficient (Wildman–Crippen LogP) is 4.06. The van der Waals surface area contributed by atoms with E-state index in [1.54, 1.807) is 32.9 Å². The zero-order chi connectivity index (χ0) is 26.5. The topological polar surface area (TPSA) is 119 Å². The lowest BCUT2D eigenvalue weighted by Gasteiger charge is -2.37. The van der Waals surface area contributed by atoms with Crippen LogP contribution >= 0.6 is 11.6 Å². The van der Waals surface area contributed by atoms with Crippen LogP contribution in [0, 0.1) is 0 Å². The number of quaternary nitrogens is 1. The highest BCUT2D eigenvalue weighted by Crippen LogP contribution is 2.35. The fourth-order valence-electron chi connectivity index (χ4n) is 4.86. The van der Waals surface area contributed by atoms with Crippen LogP contribution in [0.4, 0.5) is 4.79 Å². The van der Waals surface area contributed by atoms with E-state index in [-0.39, 0.29) is 29.1 Å². The SMILES string of the molecule is CC(C)(C)OC(=O)N[C@@H](CC(=O)[N+]1(Cc2cc(Cl)ccc2O)CCC[C@H]1C(N)=O)Cc1ccccc1. The van der Waals surface area contributed by atoms with E-state index >= 15 is 0 Å². The summed E-state index contributed by atoms with van der Waals surface area (Å²) >= 11 is 6.15. The molecule has 0 spiro atoms. The number of hydrogen-bond donors (Lipinski definition) is 3. The first kappa shape index (κ1) is 27.5. The highest BCUT2D eigenvalue weighted by atomic mass is 35.5. The Balaban J connectivity index is 1.92. The lowest BCUT2D eigenvalue weighted by atomic mass is 10.0. The number of hydrogen-bond acceptors (Lipinski definition) is 5. The van der Waals surface area contributed by atoms with Crippen molar-refractivity contribution >= 4 is 29.5 Å². The van der Waals surface area contributed by atoms with Gasteiger partial charge >= 0.3 is 12.0 Å². The summed E-state index contributed by atoms with van der Waals surface area (Å²) < 4.78 is 5.20. The van der Waals surface area contributed by atoms with Crippen molar-refractivity contribution in [1.29, 1.82) is 0 Å². The Bertz CT molecular complexity index is 1100. The molecule has 2 aromatic rings. The third-order valence-electron chi connectivity index (χ3n) is 6.42. The van der Waals surface area contributed by atoms with Gasteiger partial charge in [-0.2, -0.15) is 0 Å². The van der Waals surface area contributed by atoms with Gasteiger partial charge in [0.1, 0.15) is 17.9 Å². The number of amides is 3. The molecule has 0 aliphatic carbocycles. The van der Waals surface area contributed by atoms with Crippen LogP contribution in [0.15, 0.2) is 48.5 Å². The molecule has 36 heavy (non-hydrogen) atoms. The van der Waals surface area contributed by atoms with Crippen LogP contribution in [0.5, 0.6) is 5.75 Å². The van der Waals surface area contributed by atoms with E-state index in [0.717, 1.165) is 5.56 Å². The largest absolute Gasteiger partial charge is 0.507 e. The van der Waals surface area contributed by atoms with Gasteiger partial charge in [0.05, 0.1) is 18.5 Å². The Kier molecular flexibility index (Phi) is 8.63. The molecular weight excluding hydrogens is 482 g/mol.